The van der Waals surface area contributed by atoms with Crippen molar-refractivity contribution in [3.8, 4) is 5.75 Å². The predicted molar refractivity (Wildman–Crippen MR) is 138 cm³/mol. The minimum atomic E-state index is -0.627. The number of ether oxygens (including phenoxy) is 1. The molecule has 2 aromatic rings. The molecule has 0 unspecified atom stereocenters. The number of amides is 2. The Morgan fingerprint density at radius 1 is 1.09 bits per heavy atom. The number of rotatable bonds is 11. The maximum Gasteiger partial charge on any atom is 0.261 e. The van der Waals surface area contributed by atoms with Crippen molar-refractivity contribution < 1.29 is 14.3 Å². The summed E-state index contributed by atoms with van der Waals surface area (Å²) in [6.07, 6.45) is 1.29. The fraction of sp³-hybridized carbons (Fsp3) is 0.462. The summed E-state index contributed by atoms with van der Waals surface area (Å²) in [6, 6.07) is 12.6. The van der Waals surface area contributed by atoms with Crippen LogP contribution < -0.4 is 10.1 Å². The maximum atomic E-state index is 13.3. The zero-order valence-electron chi connectivity index (χ0n) is 20.0. The van der Waals surface area contributed by atoms with Crippen LogP contribution in [0.3, 0.4) is 0 Å². The van der Waals surface area contributed by atoms with Crippen molar-refractivity contribution in [1.29, 1.82) is 0 Å². The summed E-state index contributed by atoms with van der Waals surface area (Å²) in [4.78, 5) is 27.9. The number of hydrogen-bond donors (Lipinski definition) is 1. The first-order valence-corrected chi connectivity index (χ1v) is 12.6. The molecular weight excluding hydrogens is 504 g/mol. The molecule has 7 heteroatoms. The number of halogens is 2. The van der Waals surface area contributed by atoms with Crippen molar-refractivity contribution in [2.24, 2.45) is 0 Å². The van der Waals surface area contributed by atoms with Gasteiger partial charge in [-0.15, -0.1) is 0 Å². The monoisotopic (exact) mass is 536 g/mol. The number of carbonyl (C=O) groups excluding carboxylic acids is 2. The molecule has 0 aliphatic heterocycles. The van der Waals surface area contributed by atoms with Gasteiger partial charge in [0.15, 0.2) is 6.61 Å². The van der Waals surface area contributed by atoms with Gasteiger partial charge in [-0.1, -0.05) is 63.6 Å². The Labute approximate surface area is 211 Å². The molecule has 1 N–H and O–H groups in total. The highest BCUT2D eigenvalue weighted by molar-refractivity contribution is 9.10. The lowest BCUT2D eigenvalue weighted by molar-refractivity contribution is -0.143. The van der Waals surface area contributed by atoms with Crippen LogP contribution >= 0.6 is 27.5 Å². The van der Waals surface area contributed by atoms with Crippen LogP contribution in [0.15, 0.2) is 46.9 Å². The average Bonchev–Trinajstić information content (AvgIpc) is 2.78. The third-order valence-corrected chi connectivity index (χ3v) is 6.65. The van der Waals surface area contributed by atoms with Gasteiger partial charge in [0.05, 0.1) is 4.47 Å². The lowest BCUT2D eigenvalue weighted by Gasteiger charge is -2.31. The number of carbonyl (C=O) groups is 2. The van der Waals surface area contributed by atoms with Gasteiger partial charge < -0.3 is 15.0 Å². The van der Waals surface area contributed by atoms with E-state index in [0.717, 1.165) is 16.5 Å². The third kappa shape index (κ3) is 7.75. The molecule has 33 heavy (non-hydrogen) atoms. The van der Waals surface area contributed by atoms with E-state index in [2.05, 4.69) is 35.1 Å². The Hall–Kier alpha value is -2.05. The van der Waals surface area contributed by atoms with E-state index in [1.807, 2.05) is 57.2 Å². The molecule has 2 amide bonds. The fourth-order valence-electron chi connectivity index (χ4n) is 3.39. The van der Waals surface area contributed by atoms with Crippen molar-refractivity contribution in [1.82, 2.24) is 10.2 Å². The SMILES string of the molecule is CC[C@@H](C)NC(=O)[C@@H](CC)N(Cc1ccccc1Cl)C(=O)COc1ccc(C(C)C)cc1Br. The molecule has 0 aliphatic rings. The van der Waals surface area contributed by atoms with Gasteiger partial charge >= 0.3 is 0 Å². The highest BCUT2D eigenvalue weighted by Gasteiger charge is 2.30. The first-order valence-electron chi connectivity index (χ1n) is 11.4. The van der Waals surface area contributed by atoms with E-state index >= 15 is 0 Å². The van der Waals surface area contributed by atoms with E-state index in [-0.39, 0.29) is 31.0 Å². The largest absolute Gasteiger partial charge is 0.483 e. The number of hydrogen-bond acceptors (Lipinski definition) is 3. The highest BCUT2D eigenvalue weighted by atomic mass is 79.9. The molecular formula is C26H34BrClN2O3. The van der Waals surface area contributed by atoms with Crippen LogP contribution in [0.5, 0.6) is 5.75 Å². The Morgan fingerprint density at radius 3 is 2.36 bits per heavy atom. The summed E-state index contributed by atoms with van der Waals surface area (Å²) in [5.74, 6) is 0.524. The van der Waals surface area contributed by atoms with Gasteiger partial charge in [-0.2, -0.15) is 0 Å². The van der Waals surface area contributed by atoms with E-state index in [1.165, 1.54) is 5.56 Å². The maximum absolute atomic E-state index is 13.3. The molecule has 0 spiro atoms. The van der Waals surface area contributed by atoms with Gasteiger partial charge in [0.25, 0.3) is 5.91 Å². The van der Waals surface area contributed by atoms with E-state index in [9.17, 15) is 9.59 Å². The molecule has 0 radical (unpaired) electrons. The van der Waals surface area contributed by atoms with Crippen LogP contribution in [-0.2, 0) is 16.1 Å². The average molecular weight is 538 g/mol. The van der Waals surface area contributed by atoms with E-state index in [0.29, 0.717) is 23.1 Å². The predicted octanol–water partition coefficient (Wildman–Crippen LogP) is 6.33. The van der Waals surface area contributed by atoms with E-state index in [1.54, 1.807) is 11.0 Å². The molecule has 0 saturated carbocycles. The Morgan fingerprint density at radius 2 is 1.79 bits per heavy atom. The van der Waals surface area contributed by atoms with Crippen molar-refractivity contribution >= 4 is 39.3 Å². The van der Waals surface area contributed by atoms with Gasteiger partial charge in [0, 0.05) is 17.6 Å². The first-order chi connectivity index (χ1) is 15.7. The van der Waals surface area contributed by atoms with Crippen molar-refractivity contribution in [2.45, 2.75) is 72.0 Å². The molecule has 5 nitrogen and oxygen atoms in total. The molecule has 2 aromatic carbocycles. The summed E-state index contributed by atoms with van der Waals surface area (Å²) in [5, 5.41) is 3.56. The topological polar surface area (TPSA) is 58.6 Å². The number of benzene rings is 2. The minimum absolute atomic E-state index is 0.0236. The van der Waals surface area contributed by atoms with E-state index in [4.69, 9.17) is 16.3 Å². The molecule has 2 rings (SSSR count). The second kappa shape index (κ2) is 13.0. The second-order valence-electron chi connectivity index (χ2n) is 8.49. The lowest BCUT2D eigenvalue weighted by atomic mass is 10.0. The van der Waals surface area contributed by atoms with Gasteiger partial charge in [-0.05, 0) is 70.9 Å². The lowest BCUT2D eigenvalue weighted by Crippen LogP contribution is -2.51. The quantitative estimate of drug-likeness (QED) is 0.364. The fourth-order valence-corrected chi connectivity index (χ4v) is 4.09. The number of nitrogens with one attached hydrogen (secondary N) is 1. The van der Waals surface area contributed by atoms with Crippen molar-refractivity contribution in [3.63, 3.8) is 0 Å². The molecule has 180 valence electrons. The number of nitrogens with zero attached hydrogens (tertiary/aromatic N) is 1. The summed E-state index contributed by atoms with van der Waals surface area (Å²) >= 11 is 9.90. The van der Waals surface area contributed by atoms with Gasteiger partial charge in [-0.25, -0.2) is 0 Å². The molecule has 2 atom stereocenters. The van der Waals surface area contributed by atoms with Crippen molar-refractivity contribution in [2.75, 3.05) is 6.61 Å². The van der Waals surface area contributed by atoms with Crippen LogP contribution in [0, 0.1) is 0 Å². The molecule has 0 bridgehead atoms. The standard InChI is InChI=1S/C26H34BrClN2O3/c1-6-18(5)29-26(32)23(7-2)30(15-20-10-8-9-11-22(20)28)25(31)16-33-24-13-12-19(17(3)4)14-21(24)27/h8-14,17-18,23H,6-7,15-16H2,1-5H3,(H,29,32)/t18-,23-/m1/s1. The normalized spacial score (nSPS) is 12.8. The Balaban J connectivity index is 2.25. The van der Waals surface area contributed by atoms with Crippen LogP contribution in [0.4, 0.5) is 0 Å². The van der Waals surface area contributed by atoms with E-state index < -0.39 is 6.04 Å². The zero-order valence-corrected chi connectivity index (χ0v) is 22.4. The summed E-state index contributed by atoms with van der Waals surface area (Å²) in [7, 11) is 0. The van der Waals surface area contributed by atoms with Crippen LogP contribution in [0.25, 0.3) is 0 Å². The Bertz CT molecular complexity index is 951. The molecule has 0 fully saturated rings. The smallest absolute Gasteiger partial charge is 0.261 e. The summed E-state index contributed by atoms with van der Waals surface area (Å²) in [6.45, 7) is 10.1. The van der Waals surface area contributed by atoms with Gasteiger partial charge in [0.1, 0.15) is 11.8 Å². The van der Waals surface area contributed by atoms with Crippen LogP contribution in [0.1, 0.15) is 64.5 Å². The summed E-state index contributed by atoms with van der Waals surface area (Å²) in [5.41, 5.74) is 1.96. The van der Waals surface area contributed by atoms with Gasteiger partial charge in [-0.3, -0.25) is 9.59 Å². The van der Waals surface area contributed by atoms with Crippen LogP contribution in [-0.4, -0.2) is 35.4 Å². The Kier molecular flexibility index (Phi) is 10.7. The highest BCUT2D eigenvalue weighted by Crippen LogP contribution is 2.29. The first kappa shape index (κ1) is 27.2. The molecule has 0 saturated heterocycles. The van der Waals surface area contributed by atoms with Crippen molar-refractivity contribution in [3.05, 3.63) is 63.1 Å². The molecule has 0 aromatic heterocycles. The molecule has 0 aliphatic carbocycles. The molecule has 0 heterocycles. The zero-order chi connectivity index (χ0) is 24.5. The summed E-state index contributed by atoms with van der Waals surface area (Å²) < 4.78 is 6.65. The second-order valence-corrected chi connectivity index (χ2v) is 9.75. The van der Waals surface area contributed by atoms with Crippen LogP contribution in [0.2, 0.25) is 5.02 Å². The minimum Gasteiger partial charge on any atom is -0.483 e. The van der Waals surface area contributed by atoms with Gasteiger partial charge in [0.2, 0.25) is 5.91 Å². The third-order valence-electron chi connectivity index (χ3n) is 5.66.